The van der Waals surface area contributed by atoms with Crippen LogP contribution in [0.1, 0.15) is 46.8 Å². The van der Waals surface area contributed by atoms with Crippen molar-refractivity contribution in [1.29, 1.82) is 5.26 Å². The third-order valence-electron chi connectivity index (χ3n) is 5.86. The van der Waals surface area contributed by atoms with E-state index in [1.54, 1.807) is 31.2 Å². The number of carbonyl (C=O) groups is 2. The van der Waals surface area contributed by atoms with Crippen LogP contribution in [0.3, 0.4) is 0 Å². The van der Waals surface area contributed by atoms with Crippen LogP contribution in [-0.2, 0) is 22.4 Å². The Balaban J connectivity index is 1.57. The second kappa shape index (κ2) is 10.6. The largest absolute Gasteiger partial charge is 0.462 e. The number of benzene rings is 1. The minimum absolute atomic E-state index is 0.0410. The van der Waals surface area contributed by atoms with Crippen LogP contribution in [0.25, 0.3) is 17.4 Å². The molecule has 2 aromatic heterocycles. The molecule has 1 N–H and O–H groups in total. The molecule has 0 spiro atoms. The molecule has 9 nitrogen and oxygen atoms in total. The number of nitrogens with zero attached hydrogens (tertiary/aromatic N) is 2. The van der Waals surface area contributed by atoms with Crippen molar-refractivity contribution in [2.45, 2.75) is 33.1 Å². The van der Waals surface area contributed by atoms with Crippen molar-refractivity contribution in [3.8, 4) is 17.4 Å². The third kappa shape index (κ3) is 5.21. The maximum Gasteiger partial charge on any atom is 0.341 e. The summed E-state index contributed by atoms with van der Waals surface area (Å²) in [5, 5.41) is 23.6. The summed E-state index contributed by atoms with van der Waals surface area (Å²) in [4.78, 5) is 37.1. The number of hydrogen-bond donors (Lipinski definition) is 1. The Morgan fingerprint density at radius 1 is 1.31 bits per heavy atom. The van der Waals surface area contributed by atoms with Crippen molar-refractivity contribution in [3.05, 3.63) is 73.8 Å². The summed E-state index contributed by atoms with van der Waals surface area (Å²) in [6.45, 7) is 4.09. The summed E-state index contributed by atoms with van der Waals surface area (Å²) in [7, 11) is 0. The van der Waals surface area contributed by atoms with Gasteiger partial charge in [0.25, 0.3) is 11.6 Å². The molecular formula is C26H23N3O6S. The fourth-order valence-electron chi connectivity index (χ4n) is 4.05. The monoisotopic (exact) mass is 505 g/mol. The number of nitro benzene ring substituents is 1. The molecule has 1 amide bonds. The predicted molar refractivity (Wildman–Crippen MR) is 134 cm³/mol. The van der Waals surface area contributed by atoms with E-state index in [-0.39, 0.29) is 23.6 Å². The Labute approximate surface area is 211 Å². The Morgan fingerprint density at radius 3 is 2.72 bits per heavy atom. The Kier molecular flexibility index (Phi) is 7.31. The van der Waals surface area contributed by atoms with E-state index >= 15 is 0 Å². The van der Waals surface area contributed by atoms with Gasteiger partial charge in [-0.25, -0.2) is 4.79 Å². The second-order valence-corrected chi connectivity index (χ2v) is 9.51. The molecule has 184 valence electrons. The van der Waals surface area contributed by atoms with Crippen molar-refractivity contribution >= 4 is 40.0 Å². The van der Waals surface area contributed by atoms with Crippen molar-refractivity contribution in [3.63, 3.8) is 0 Å². The number of amides is 1. The van der Waals surface area contributed by atoms with Crippen molar-refractivity contribution in [2.24, 2.45) is 5.92 Å². The summed E-state index contributed by atoms with van der Waals surface area (Å²) in [5.41, 5.74) is 1.65. The summed E-state index contributed by atoms with van der Waals surface area (Å²) < 4.78 is 11.0. The molecule has 2 heterocycles. The zero-order valence-corrected chi connectivity index (χ0v) is 20.5. The first-order valence-corrected chi connectivity index (χ1v) is 12.2. The fraction of sp³-hybridized carbons (Fsp3) is 0.269. The first-order valence-electron chi connectivity index (χ1n) is 11.4. The predicted octanol–water partition coefficient (Wildman–Crippen LogP) is 5.76. The normalized spacial score (nSPS) is 15.0. The van der Waals surface area contributed by atoms with Gasteiger partial charge in [0.2, 0.25) is 0 Å². The number of nitro groups is 1. The average molecular weight is 506 g/mol. The van der Waals surface area contributed by atoms with Gasteiger partial charge in [0.15, 0.2) is 0 Å². The van der Waals surface area contributed by atoms with Gasteiger partial charge in [-0.05, 0) is 61.9 Å². The van der Waals surface area contributed by atoms with Crippen LogP contribution in [0.2, 0.25) is 0 Å². The van der Waals surface area contributed by atoms with Crippen LogP contribution >= 0.6 is 11.3 Å². The van der Waals surface area contributed by atoms with E-state index in [1.807, 2.05) is 6.07 Å². The van der Waals surface area contributed by atoms with Gasteiger partial charge >= 0.3 is 5.97 Å². The lowest BCUT2D eigenvalue weighted by Gasteiger charge is -2.18. The smallest absolute Gasteiger partial charge is 0.341 e. The number of nitriles is 1. The molecular weight excluding hydrogens is 482 g/mol. The molecule has 4 rings (SSSR count). The van der Waals surface area contributed by atoms with Gasteiger partial charge in [-0.1, -0.05) is 6.92 Å². The molecule has 0 saturated carbocycles. The average Bonchev–Trinajstić information content (AvgIpc) is 3.46. The maximum atomic E-state index is 13.0. The van der Waals surface area contributed by atoms with Gasteiger partial charge in [0.05, 0.1) is 17.1 Å². The minimum atomic E-state index is -0.664. The van der Waals surface area contributed by atoms with Crippen molar-refractivity contribution in [1.82, 2.24) is 0 Å². The number of thiophene rings is 1. The van der Waals surface area contributed by atoms with E-state index in [0.717, 1.165) is 29.7 Å². The van der Waals surface area contributed by atoms with E-state index in [1.165, 1.54) is 29.5 Å². The van der Waals surface area contributed by atoms with Crippen LogP contribution in [0.4, 0.5) is 10.7 Å². The van der Waals surface area contributed by atoms with Gasteiger partial charge in [-0.2, -0.15) is 5.26 Å². The number of fused-ring (bicyclic) bond motifs is 1. The minimum Gasteiger partial charge on any atom is -0.462 e. The standard InChI is InChI=1S/C26H23N3O6S/c1-3-34-26(31)23-20-10-4-15(2)12-22(20)36-25(23)28-24(30)17(14-27)13-19-9-11-21(35-19)16-5-7-18(8-6-16)29(32)33/h5-9,11,13,15H,3-4,10,12H2,1-2H3,(H,28,30)/b17-13+/t15-/m1/s1. The Bertz CT molecular complexity index is 1390. The summed E-state index contributed by atoms with van der Waals surface area (Å²) in [6.07, 6.45) is 3.81. The Morgan fingerprint density at radius 2 is 2.06 bits per heavy atom. The molecule has 3 aromatic rings. The molecule has 1 aliphatic carbocycles. The number of carbonyl (C=O) groups excluding carboxylic acids is 2. The number of rotatable bonds is 7. The first kappa shape index (κ1) is 24.9. The van der Waals surface area contributed by atoms with E-state index in [4.69, 9.17) is 9.15 Å². The van der Waals surface area contributed by atoms with Crippen LogP contribution in [-0.4, -0.2) is 23.4 Å². The highest BCUT2D eigenvalue weighted by atomic mass is 32.1. The van der Waals surface area contributed by atoms with Crippen molar-refractivity contribution in [2.75, 3.05) is 11.9 Å². The third-order valence-corrected chi connectivity index (χ3v) is 7.03. The lowest BCUT2D eigenvalue weighted by Crippen LogP contribution is -2.17. The highest BCUT2D eigenvalue weighted by Gasteiger charge is 2.29. The molecule has 1 aliphatic rings. The van der Waals surface area contributed by atoms with Gasteiger partial charge in [-0.15, -0.1) is 11.3 Å². The summed E-state index contributed by atoms with van der Waals surface area (Å²) in [6, 6.07) is 11.0. The first-order chi connectivity index (χ1) is 17.3. The Hall–Kier alpha value is -4.23. The number of furan rings is 1. The van der Waals surface area contributed by atoms with Crippen LogP contribution in [0, 0.1) is 27.4 Å². The molecule has 1 aromatic carbocycles. The molecule has 36 heavy (non-hydrogen) atoms. The topological polar surface area (TPSA) is 135 Å². The number of nitrogens with one attached hydrogen (secondary N) is 1. The lowest BCUT2D eigenvalue weighted by atomic mass is 9.88. The molecule has 0 unspecified atom stereocenters. The number of esters is 1. The molecule has 10 heteroatoms. The van der Waals surface area contributed by atoms with Gasteiger partial charge in [-0.3, -0.25) is 14.9 Å². The quantitative estimate of drug-likeness (QED) is 0.142. The number of hydrogen-bond acceptors (Lipinski definition) is 8. The number of non-ortho nitro benzene ring substituents is 1. The van der Waals surface area contributed by atoms with E-state index in [0.29, 0.717) is 27.8 Å². The molecule has 0 radical (unpaired) electrons. The zero-order chi connectivity index (χ0) is 25.8. The van der Waals surface area contributed by atoms with Crippen molar-refractivity contribution < 1.29 is 23.7 Å². The lowest BCUT2D eigenvalue weighted by molar-refractivity contribution is -0.384. The summed E-state index contributed by atoms with van der Waals surface area (Å²) in [5.74, 6) is 0.0239. The highest BCUT2D eigenvalue weighted by Crippen LogP contribution is 2.40. The summed E-state index contributed by atoms with van der Waals surface area (Å²) >= 11 is 1.35. The fourth-order valence-corrected chi connectivity index (χ4v) is 5.45. The SMILES string of the molecule is CCOC(=O)c1c(NC(=O)/C(C#N)=C/c2ccc(-c3ccc([N+](=O)[O-])cc3)o2)sc2c1CC[C@@H](C)C2. The number of ether oxygens (including phenoxy) is 1. The highest BCUT2D eigenvalue weighted by molar-refractivity contribution is 7.17. The molecule has 0 fully saturated rings. The van der Waals surface area contributed by atoms with Crippen LogP contribution < -0.4 is 5.32 Å². The van der Waals surface area contributed by atoms with E-state index in [2.05, 4.69) is 12.2 Å². The van der Waals surface area contributed by atoms with Crippen LogP contribution in [0.15, 0.2) is 46.4 Å². The zero-order valence-electron chi connectivity index (χ0n) is 19.7. The van der Waals surface area contributed by atoms with E-state index in [9.17, 15) is 25.0 Å². The van der Waals surface area contributed by atoms with Gasteiger partial charge in [0, 0.05) is 28.6 Å². The van der Waals surface area contributed by atoms with E-state index < -0.39 is 16.8 Å². The number of anilines is 1. The molecule has 0 saturated heterocycles. The van der Waals surface area contributed by atoms with Gasteiger partial charge in [0.1, 0.15) is 28.2 Å². The molecule has 1 atom stereocenters. The molecule has 0 aliphatic heterocycles. The van der Waals surface area contributed by atoms with Crippen LogP contribution in [0.5, 0.6) is 0 Å². The second-order valence-electron chi connectivity index (χ2n) is 8.41. The maximum absolute atomic E-state index is 13.0. The molecule has 0 bridgehead atoms. The van der Waals surface area contributed by atoms with Gasteiger partial charge < -0.3 is 14.5 Å².